The summed E-state index contributed by atoms with van der Waals surface area (Å²) in [6.45, 7) is 5.20. The Hall–Kier alpha value is -1.87. The van der Waals surface area contributed by atoms with Gasteiger partial charge in [-0.15, -0.1) is 0 Å². The molecule has 0 unspecified atom stereocenters. The van der Waals surface area contributed by atoms with Gasteiger partial charge in [-0.3, -0.25) is 0 Å². The van der Waals surface area contributed by atoms with E-state index in [0.29, 0.717) is 5.92 Å². The first-order valence-electron chi connectivity index (χ1n) is 8.91. The third-order valence-electron chi connectivity index (χ3n) is 5.40. The van der Waals surface area contributed by atoms with Gasteiger partial charge in [0.15, 0.2) is 0 Å². The fourth-order valence-corrected chi connectivity index (χ4v) is 4.08. The van der Waals surface area contributed by atoms with Crippen LogP contribution in [0.5, 0.6) is 0 Å². The summed E-state index contributed by atoms with van der Waals surface area (Å²) in [6.07, 6.45) is 2.15. The van der Waals surface area contributed by atoms with E-state index in [4.69, 9.17) is 4.74 Å². The normalized spacial score (nSPS) is 25.8. The summed E-state index contributed by atoms with van der Waals surface area (Å²) < 4.78 is 20.6. The van der Waals surface area contributed by atoms with E-state index in [2.05, 4.69) is 37.4 Å². The standard InChI is InChI=1S/C21H24FNO/c1-13(2)14-9-10-19-17(12-14)21-16(7-5-11-24-21)20(23-19)15-6-3-4-8-18(15)22/h3-4,6,8-10,12-13,16,20-21,23H,5,7,11H2,1-2H3/t16-,20-,21-/m0/s1. The van der Waals surface area contributed by atoms with Crippen LogP contribution in [-0.2, 0) is 4.74 Å². The van der Waals surface area contributed by atoms with Crippen LogP contribution in [0.15, 0.2) is 42.5 Å². The van der Waals surface area contributed by atoms with Crippen LogP contribution in [-0.4, -0.2) is 6.61 Å². The van der Waals surface area contributed by atoms with Crippen molar-refractivity contribution in [1.82, 2.24) is 0 Å². The molecule has 126 valence electrons. The Kier molecular flexibility index (Phi) is 4.05. The SMILES string of the molecule is CC(C)c1ccc2c(c1)[C@H]1OCCC[C@H]1[C@H](c1ccccc1F)N2. The van der Waals surface area contributed by atoms with Crippen molar-refractivity contribution >= 4 is 5.69 Å². The van der Waals surface area contributed by atoms with Crippen molar-refractivity contribution in [3.05, 3.63) is 65.0 Å². The maximum Gasteiger partial charge on any atom is 0.128 e. The van der Waals surface area contributed by atoms with Crippen LogP contribution in [0.3, 0.4) is 0 Å². The molecule has 1 saturated heterocycles. The number of anilines is 1. The monoisotopic (exact) mass is 325 g/mol. The van der Waals surface area contributed by atoms with Gasteiger partial charge in [0.05, 0.1) is 12.1 Å². The van der Waals surface area contributed by atoms with Gasteiger partial charge in [0.1, 0.15) is 5.82 Å². The second-order valence-corrected chi connectivity index (χ2v) is 7.24. The quantitative estimate of drug-likeness (QED) is 0.778. The molecule has 2 nitrogen and oxygen atoms in total. The third-order valence-corrected chi connectivity index (χ3v) is 5.40. The first-order chi connectivity index (χ1) is 11.6. The highest BCUT2D eigenvalue weighted by Gasteiger charge is 2.40. The second kappa shape index (κ2) is 6.21. The van der Waals surface area contributed by atoms with Gasteiger partial charge in [0.25, 0.3) is 0 Å². The summed E-state index contributed by atoms with van der Waals surface area (Å²) in [7, 11) is 0. The van der Waals surface area contributed by atoms with Crippen molar-refractivity contribution in [2.75, 3.05) is 11.9 Å². The zero-order chi connectivity index (χ0) is 16.7. The lowest BCUT2D eigenvalue weighted by Gasteiger charge is -2.43. The summed E-state index contributed by atoms with van der Waals surface area (Å²) in [5.74, 6) is 0.619. The average molecular weight is 325 g/mol. The Labute approximate surface area is 143 Å². The molecule has 1 fully saturated rings. The lowest BCUT2D eigenvalue weighted by atomic mass is 9.77. The molecule has 0 saturated carbocycles. The predicted octanol–water partition coefficient (Wildman–Crippen LogP) is 5.58. The van der Waals surface area contributed by atoms with Gasteiger partial charge in [0.2, 0.25) is 0 Å². The largest absolute Gasteiger partial charge is 0.377 e. The van der Waals surface area contributed by atoms with Crippen LogP contribution in [0.2, 0.25) is 0 Å². The van der Waals surface area contributed by atoms with Gasteiger partial charge >= 0.3 is 0 Å². The number of hydrogen-bond acceptors (Lipinski definition) is 2. The van der Waals surface area contributed by atoms with Crippen molar-refractivity contribution in [3.8, 4) is 0 Å². The van der Waals surface area contributed by atoms with Crippen molar-refractivity contribution in [3.63, 3.8) is 0 Å². The molecule has 4 rings (SSSR count). The zero-order valence-electron chi connectivity index (χ0n) is 14.3. The summed E-state index contributed by atoms with van der Waals surface area (Å²) in [5.41, 5.74) is 4.39. The molecule has 2 aromatic rings. The van der Waals surface area contributed by atoms with Crippen molar-refractivity contribution in [2.24, 2.45) is 5.92 Å². The fraction of sp³-hybridized carbons (Fsp3) is 0.429. The Balaban J connectivity index is 1.79. The summed E-state index contributed by atoms with van der Waals surface area (Å²) >= 11 is 0. The molecular formula is C21H24FNO. The van der Waals surface area contributed by atoms with Gasteiger partial charge in [0, 0.05) is 29.3 Å². The van der Waals surface area contributed by atoms with Crippen LogP contribution in [0.4, 0.5) is 10.1 Å². The zero-order valence-corrected chi connectivity index (χ0v) is 14.3. The second-order valence-electron chi connectivity index (χ2n) is 7.24. The number of hydrogen-bond donors (Lipinski definition) is 1. The summed E-state index contributed by atoms with van der Waals surface area (Å²) in [6, 6.07) is 13.6. The van der Waals surface area contributed by atoms with E-state index >= 15 is 0 Å². The number of nitrogens with one attached hydrogen (secondary N) is 1. The number of rotatable bonds is 2. The smallest absolute Gasteiger partial charge is 0.128 e. The maximum absolute atomic E-state index is 14.4. The third kappa shape index (κ3) is 2.61. The molecular weight excluding hydrogens is 301 g/mol. The van der Waals surface area contributed by atoms with Gasteiger partial charge in [-0.2, -0.15) is 0 Å². The molecule has 1 N–H and O–H groups in total. The number of benzene rings is 2. The Morgan fingerprint density at radius 2 is 1.96 bits per heavy atom. The van der Waals surface area contributed by atoms with E-state index in [1.807, 2.05) is 12.1 Å². The highest BCUT2D eigenvalue weighted by molar-refractivity contribution is 5.58. The molecule has 3 atom stereocenters. The molecule has 0 spiro atoms. The number of halogens is 1. The lowest BCUT2D eigenvalue weighted by Crippen LogP contribution is -2.36. The van der Waals surface area contributed by atoms with Crippen LogP contribution >= 0.6 is 0 Å². The van der Waals surface area contributed by atoms with E-state index in [9.17, 15) is 4.39 Å². The highest BCUT2D eigenvalue weighted by atomic mass is 19.1. The fourth-order valence-electron chi connectivity index (χ4n) is 4.08. The molecule has 0 bridgehead atoms. The molecule has 0 aromatic heterocycles. The van der Waals surface area contributed by atoms with Gasteiger partial charge in [-0.25, -0.2) is 4.39 Å². The molecule has 2 aromatic carbocycles. The maximum atomic E-state index is 14.4. The Morgan fingerprint density at radius 3 is 2.75 bits per heavy atom. The molecule has 24 heavy (non-hydrogen) atoms. The molecule has 0 aliphatic carbocycles. The van der Waals surface area contributed by atoms with E-state index < -0.39 is 0 Å². The van der Waals surface area contributed by atoms with Crippen LogP contribution in [0.1, 0.15) is 61.4 Å². The van der Waals surface area contributed by atoms with Gasteiger partial charge < -0.3 is 10.1 Å². The summed E-state index contributed by atoms with van der Waals surface area (Å²) in [4.78, 5) is 0. The Bertz CT molecular complexity index is 742. The number of fused-ring (bicyclic) bond motifs is 3. The van der Waals surface area contributed by atoms with Gasteiger partial charge in [-0.1, -0.05) is 44.2 Å². The molecule has 0 amide bonds. The molecule has 2 heterocycles. The molecule has 0 radical (unpaired) electrons. The van der Waals surface area contributed by atoms with Crippen LogP contribution in [0, 0.1) is 11.7 Å². The van der Waals surface area contributed by atoms with Crippen LogP contribution in [0.25, 0.3) is 0 Å². The van der Waals surface area contributed by atoms with E-state index in [0.717, 1.165) is 30.7 Å². The van der Waals surface area contributed by atoms with E-state index in [-0.39, 0.29) is 23.9 Å². The van der Waals surface area contributed by atoms with Crippen molar-refractivity contribution < 1.29 is 9.13 Å². The minimum atomic E-state index is -0.137. The summed E-state index contributed by atoms with van der Waals surface area (Å²) in [5, 5.41) is 3.60. The van der Waals surface area contributed by atoms with E-state index in [1.165, 1.54) is 11.1 Å². The minimum Gasteiger partial charge on any atom is -0.377 e. The molecule has 2 aliphatic heterocycles. The minimum absolute atomic E-state index is 0.0334. The Morgan fingerprint density at radius 1 is 1.12 bits per heavy atom. The number of ether oxygens (including phenoxy) is 1. The average Bonchev–Trinajstić information content (AvgIpc) is 2.61. The first-order valence-corrected chi connectivity index (χ1v) is 8.91. The van der Waals surface area contributed by atoms with Crippen LogP contribution < -0.4 is 5.32 Å². The topological polar surface area (TPSA) is 21.3 Å². The van der Waals surface area contributed by atoms with Gasteiger partial charge in [-0.05, 0) is 36.5 Å². The van der Waals surface area contributed by atoms with E-state index in [1.54, 1.807) is 12.1 Å². The highest BCUT2D eigenvalue weighted by Crippen LogP contribution is 2.49. The predicted molar refractivity (Wildman–Crippen MR) is 94.7 cm³/mol. The molecule has 3 heteroatoms. The van der Waals surface area contributed by atoms with Crippen molar-refractivity contribution in [2.45, 2.75) is 44.8 Å². The lowest BCUT2D eigenvalue weighted by molar-refractivity contribution is -0.0384. The molecule has 2 aliphatic rings. The first kappa shape index (κ1) is 15.6. The van der Waals surface area contributed by atoms with Crippen molar-refractivity contribution in [1.29, 1.82) is 0 Å².